The third-order valence-corrected chi connectivity index (χ3v) is 2.83. The third-order valence-electron chi connectivity index (χ3n) is 1.48. The zero-order valence-corrected chi connectivity index (χ0v) is 8.82. The molecule has 0 aromatic heterocycles. The first-order valence-electron chi connectivity index (χ1n) is 3.50. The highest BCUT2D eigenvalue weighted by Crippen LogP contribution is 2.36. The number of alkyl halides is 3. The SMILES string of the molecule is Cc1ccc(SC(F)(F)F)cc1P. The molecule has 0 fully saturated rings. The molecule has 72 valence electrons. The van der Waals surface area contributed by atoms with Crippen molar-refractivity contribution in [2.24, 2.45) is 0 Å². The summed E-state index contributed by atoms with van der Waals surface area (Å²) in [5.74, 6) is 0. The van der Waals surface area contributed by atoms with E-state index in [1.165, 1.54) is 12.1 Å². The minimum atomic E-state index is -4.20. The molecular formula is C8H8F3PS. The Balaban J connectivity index is 2.86. The number of halogens is 3. The molecule has 5 heteroatoms. The average molecular weight is 224 g/mol. The fraction of sp³-hybridized carbons (Fsp3) is 0.250. The molecule has 0 aliphatic carbocycles. The van der Waals surface area contributed by atoms with Gasteiger partial charge in [0.1, 0.15) is 0 Å². The maximum atomic E-state index is 11.9. The van der Waals surface area contributed by atoms with Gasteiger partial charge in [-0.1, -0.05) is 6.07 Å². The molecule has 1 aromatic carbocycles. The van der Waals surface area contributed by atoms with Gasteiger partial charge in [-0.05, 0) is 41.7 Å². The van der Waals surface area contributed by atoms with E-state index in [2.05, 4.69) is 9.24 Å². The van der Waals surface area contributed by atoms with Gasteiger partial charge in [-0.25, -0.2) is 0 Å². The van der Waals surface area contributed by atoms with E-state index in [4.69, 9.17) is 0 Å². The van der Waals surface area contributed by atoms with Crippen LogP contribution in [-0.2, 0) is 0 Å². The molecule has 0 aliphatic heterocycles. The van der Waals surface area contributed by atoms with Crippen LogP contribution in [-0.4, -0.2) is 5.51 Å². The van der Waals surface area contributed by atoms with Gasteiger partial charge in [0.2, 0.25) is 0 Å². The van der Waals surface area contributed by atoms with Gasteiger partial charge in [0.15, 0.2) is 0 Å². The van der Waals surface area contributed by atoms with Crippen molar-refractivity contribution in [3.05, 3.63) is 23.8 Å². The van der Waals surface area contributed by atoms with E-state index in [1.54, 1.807) is 6.07 Å². The van der Waals surface area contributed by atoms with E-state index < -0.39 is 5.51 Å². The Hall–Kier alpha value is -0.210. The zero-order valence-electron chi connectivity index (χ0n) is 6.85. The summed E-state index contributed by atoms with van der Waals surface area (Å²) in [5.41, 5.74) is -3.23. The number of benzene rings is 1. The lowest BCUT2D eigenvalue weighted by Gasteiger charge is -2.07. The second kappa shape index (κ2) is 3.89. The highest BCUT2D eigenvalue weighted by Gasteiger charge is 2.29. The maximum Gasteiger partial charge on any atom is 0.446 e. The Labute approximate surface area is 81.1 Å². The Bertz CT molecular complexity index is 309. The van der Waals surface area contributed by atoms with Crippen molar-refractivity contribution >= 4 is 26.3 Å². The number of thioether (sulfide) groups is 1. The summed E-state index contributed by atoms with van der Waals surface area (Å²) in [4.78, 5) is 0.225. The fourth-order valence-electron chi connectivity index (χ4n) is 0.816. The van der Waals surface area contributed by atoms with Gasteiger partial charge in [0.05, 0.1) is 0 Å². The molecule has 1 aromatic rings. The largest absolute Gasteiger partial charge is 0.446 e. The molecule has 1 unspecified atom stereocenters. The summed E-state index contributed by atoms with van der Waals surface area (Å²) in [6.45, 7) is 1.85. The van der Waals surface area contributed by atoms with Crippen LogP contribution >= 0.6 is 21.0 Å². The van der Waals surface area contributed by atoms with Crippen molar-refractivity contribution in [1.82, 2.24) is 0 Å². The summed E-state index contributed by atoms with van der Waals surface area (Å²) in [6.07, 6.45) is 0. The van der Waals surface area contributed by atoms with E-state index in [0.29, 0.717) is 0 Å². The summed E-state index contributed by atoms with van der Waals surface area (Å²) < 4.78 is 35.8. The third kappa shape index (κ3) is 3.57. The first-order chi connectivity index (χ1) is 5.88. The van der Waals surface area contributed by atoms with Crippen molar-refractivity contribution in [3.63, 3.8) is 0 Å². The van der Waals surface area contributed by atoms with Crippen molar-refractivity contribution in [2.45, 2.75) is 17.3 Å². The number of hydrogen-bond donors (Lipinski definition) is 0. The van der Waals surface area contributed by atoms with Gasteiger partial charge in [0.25, 0.3) is 0 Å². The molecule has 0 N–H and O–H groups in total. The van der Waals surface area contributed by atoms with Crippen LogP contribution in [0.2, 0.25) is 0 Å². The topological polar surface area (TPSA) is 0 Å². The maximum absolute atomic E-state index is 11.9. The molecule has 1 rings (SSSR count). The number of hydrogen-bond acceptors (Lipinski definition) is 1. The van der Waals surface area contributed by atoms with Crippen LogP contribution in [0.3, 0.4) is 0 Å². The van der Waals surface area contributed by atoms with Crippen molar-refractivity contribution in [3.8, 4) is 0 Å². The first kappa shape index (κ1) is 10.9. The molecule has 1 atom stereocenters. The van der Waals surface area contributed by atoms with Crippen LogP contribution in [0.5, 0.6) is 0 Å². The van der Waals surface area contributed by atoms with E-state index in [1.807, 2.05) is 6.92 Å². The Kier molecular flexibility index (Phi) is 3.25. The van der Waals surface area contributed by atoms with Gasteiger partial charge >= 0.3 is 5.51 Å². The monoisotopic (exact) mass is 224 g/mol. The lowest BCUT2D eigenvalue weighted by Crippen LogP contribution is -2.02. The van der Waals surface area contributed by atoms with Crippen LogP contribution in [0.1, 0.15) is 5.56 Å². The smallest absolute Gasteiger partial charge is 0.160 e. The lowest BCUT2D eigenvalue weighted by molar-refractivity contribution is -0.0328. The van der Waals surface area contributed by atoms with Crippen LogP contribution in [0, 0.1) is 6.92 Å². The average Bonchev–Trinajstić information content (AvgIpc) is 1.94. The molecule has 0 aliphatic rings. The zero-order chi connectivity index (χ0) is 10.1. The van der Waals surface area contributed by atoms with Gasteiger partial charge in [-0.3, -0.25) is 0 Å². The summed E-state index contributed by atoms with van der Waals surface area (Å²) in [5, 5.41) is 0.800. The van der Waals surface area contributed by atoms with Gasteiger partial charge in [0, 0.05) is 4.90 Å². The van der Waals surface area contributed by atoms with Crippen molar-refractivity contribution in [1.29, 1.82) is 0 Å². The van der Waals surface area contributed by atoms with E-state index in [0.717, 1.165) is 10.9 Å². The first-order valence-corrected chi connectivity index (χ1v) is 4.90. The second-order valence-corrected chi connectivity index (χ2v) is 4.33. The predicted molar refractivity (Wildman–Crippen MR) is 52.4 cm³/mol. The molecule has 0 heterocycles. The molecule has 13 heavy (non-hydrogen) atoms. The van der Waals surface area contributed by atoms with Gasteiger partial charge in [-0.2, -0.15) is 13.2 Å². The van der Waals surface area contributed by atoms with Crippen LogP contribution < -0.4 is 5.30 Å². The van der Waals surface area contributed by atoms with E-state index >= 15 is 0 Å². The van der Waals surface area contributed by atoms with E-state index in [9.17, 15) is 13.2 Å². The quantitative estimate of drug-likeness (QED) is 0.521. The molecule has 0 bridgehead atoms. The van der Waals surface area contributed by atoms with Crippen LogP contribution in [0.25, 0.3) is 0 Å². The molecule has 0 saturated heterocycles. The molecule has 0 saturated carbocycles. The fourth-order valence-corrected chi connectivity index (χ4v) is 1.80. The predicted octanol–water partition coefficient (Wildman–Crippen LogP) is 3.11. The highest BCUT2D eigenvalue weighted by atomic mass is 32.2. The van der Waals surface area contributed by atoms with E-state index in [-0.39, 0.29) is 16.7 Å². The summed E-state index contributed by atoms with van der Waals surface area (Å²) >= 11 is -0.0897. The Morgan fingerprint density at radius 1 is 1.31 bits per heavy atom. The number of rotatable bonds is 1. The van der Waals surface area contributed by atoms with Crippen LogP contribution in [0.4, 0.5) is 13.2 Å². The van der Waals surface area contributed by atoms with Crippen LogP contribution in [0.15, 0.2) is 23.1 Å². The normalized spacial score (nSPS) is 11.8. The van der Waals surface area contributed by atoms with Gasteiger partial charge < -0.3 is 0 Å². The summed E-state index contributed by atoms with van der Waals surface area (Å²) in [7, 11) is 2.41. The minimum absolute atomic E-state index is 0.0897. The number of aryl methyl sites for hydroxylation is 1. The standard InChI is InChI=1S/C8H8F3PS/c1-5-2-3-6(4-7(5)12)13-8(9,10)11/h2-4H,12H2,1H3. The highest BCUT2D eigenvalue weighted by molar-refractivity contribution is 8.00. The molecular weight excluding hydrogens is 216 g/mol. The van der Waals surface area contributed by atoms with Crippen molar-refractivity contribution in [2.75, 3.05) is 0 Å². The Morgan fingerprint density at radius 3 is 2.38 bits per heavy atom. The Morgan fingerprint density at radius 2 is 1.92 bits per heavy atom. The molecule has 0 spiro atoms. The molecule has 0 amide bonds. The van der Waals surface area contributed by atoms with Crippen molar-refractivity contribution < 1.29 is 13.2 Å². The minimum Gasteiger partial charge on any atom is -0.160 e. The summed E-state index contributed by atoms with van der Waals surface area (Å²) in [6, 6.07) is 4.66. The van der Waals surface area contributed by atoms with Gasteiger partial charge in [-0.15, -0.1) is 9.24 Å². The molecule has 0 radical (unpaired) electrons. The molecule has 0 nitrogen and oxygen atoms in total. The lowest BCUT2D eigenvalue weighted by atomic mass is 10.2. The second-order valence-electron chi connectivity index (χ2n) is 2.57.